The maximum absolute atomic E-state index is 5.70. The van der Waals surface area contributed by atoms with E-state index in [1.54, 1.807) is 6.26 Å². The first-order valence-electron chi connectivity index (χ1n) is 9.37. The quantitative estimate of drug-likeness (QED) is 0.596. The van der Waals surface area contributed by atoms with E-state index >= 15 is 0 Å². The van der Waals surface area contributed by atoms with Crippen molar-refractivity contribution in [2.75, 3.05) is 25.5 Å². The van der Waals surface area contributed by atoms with Crippen molar-refractivity contribution in [3.63, 3.8) is 0 Å². The van der Waals surface area contributed by atoms with Gasteiger partial charge in [0.1, 0.15) is 12.3 Å². The molecule has 1 heterocycles. The number of hydrogen-bond acceptors (Lipinski definition) is 2. The number of anilines is 1. The van der Waals surface area contributed by atoms with E-state index in [0.29, 0.717) is 5.92 Å². The molecule has 3 nitrogen and oxygen atoms in total. The van der Waals surface area contributed by atoms with Crippen LogP contribution in [0.3, 0.4) is 0 Å². The molecule has 1 atom stereocenters. The van der Waals surface area contributed by atoms with Crippen LogP contribution in [0, 0.1) is 0 Å². The van der Waals surface area contributed by atoms with E-state index in [1.165, 1.54) is 16.8 Å². The molecule has 0 spiro atoms. The largest absolute Gasteiger partial charge is 0.469 e. The van der Waals surface area contributed by atoms with Gasteiger partial charge in [-0.15, -0.1) is 0 Å². The Balaban J connectivity index is 1.51. The molecule has 0 radical (unpaired) electrons. The SMILES string of the molecule is CN(C)c1ccc(C[NH2+]CC[C@H](Cc2ccccc2)c2ccco2)cc1. The van der Waals surface area contributed by atoms with E-state index < -0.39 is 0 Å². The Morgan fingerprint density at radius 1 is 0.885 bits per heavy atom. The first kappa shape index (κ1) is 18.3. The predicted octanol–water partition coefficient (Wildman–Crippen LogP) is 3.83. The number of quaternary nitrogens is 1. The van der Waals surface area contributed by atoms with Gasteiger partial charge in [0.25, 0.3) is 0 Å². The molecule has 0 unspecified atom stereocenters. The molecule has 1 aromatic heterocycles. The van der Waals surface area contributed by atoms with Gasteiger partial charge in [-0.2, -0.15) is 0 Å². The third-order valence-electron chi connectivity index (χ3n) is 4.82. The highest BCUT2D eigenvalue weighted by molar-refractivity contribution is 5.45. The summed E-state index contributed by atoms with van der Waals surface area (Å²) in [6.07, 6.45) is 3.92. The summed E-state index contributed by atoms with van der Waals surface area (Å²) in [4.78, 5) is 2.13. The lowest BCUT2D eigenvalue weighted by Gasteiger charge is -2.14. The molecule has 0 aliphatic heterocycles. The number of furan rings is 1. The number of nitrogens with two attached hydrogens (primary N) is 1. The Morgan fingerprint density at radius 2 is 1.65 bits per heavy atom. The first-order valence-corrected chi connectivity index (χ1v) is 9.37. The van der Waals surface area contributed by atoms with Gasteiger partial charge in [0, 0.05) is 37.7 Å². The standard InChI is InChI=1S/C23H28N2O/c1-25(2)22-12-10-20(11-13-22)18-24-15-14-21(23-9-6-16-26-23)17-19-7-4-3-5-8-19/h3-13,16,21,24H,14-15,17-18H2,1-2H3/p+1/t21-/m1/s1. The van der Waals surface area contributed by atoms with Crippen molar-refractivity contribution in [1.82, 2.24) is 0 Å². The fourth-order valence-electron chi connectivity index (χ4n) is 3.29. The number of nitrogens with zero attached hydrogens (tertiary/aromatic N) is 1. The first-order chi connectivity index (χ1) is 12.7. The lowest BCUT2D eigenvalue weighted by atomic mass is 9.94. The third kappa shape index (κ3) is 5.24. The van der Waals surface area contributed by atoms with Gasteiger partial charge < -0.3 is 14.6 Å². The summed E-state index contributed by atoms with van der Waals surface area (Å²) in [5.74, 6) is 1.53. The lowest BCUT2D eigenvalue weighted by Crippen LogP contribution is -2.82. The second-order valence-electron chi connectivity index (χ2n) is 7.03. The van der Waals surface area contributed by atoms with Crippen molar-refractivity contribution in [3.05, 3.63) is 89.9 Å². The Morgan fingerprint density at radius 3 is 2.31 bits per heavy atom. The summed E-state index contributed by atoms with van der Waals surface area (Å²) in [6.45, 7) is 2.11. The van der Waals surface area contributed by atoms with E-state index in [1.807, 2.05) is 6.07 Å². The zero-order chi connectivity index (χ0) is 18.2. The molecule has 0 bridgehead atoms. The molecule has 0 fully saturated rings. The van der Waals surface area contributed by atoms with Gasteiger partial charge in [-0.05, 0) is 36.2 Å². The molecule has 2 aromatic carbocycles. The molecule has 0 amide bonds. The molecule has 26 heavy (non-hydrogen) atoms. The van der Waals surface area contributed by atoms with Gasteiger partial charge in [0.05, 0.1) is 12.8 Å². The molecular weight excluding hydrogens is 320 g/mol. The van der Waals surface area contributed by atoms with Crippen LogP contribution in [0.1, 0.15) is 29.2 Å². The van der Waals surface area contributed by atoms with E-state index in [0.717, 1.165) is 31.7 Å². The molecule has 2 N–H and O–H groups in total. The average molecular weight is 349 g/mol. The summed E-state index contributed by atoms with van der Waals surface area (Å²) in [6, 6.07) is 23.6. The van der Waals surface area contributed by atoms with Crippen molar-refractivity contribution in [1.29, 1.82) is 0 Å². The monoisotopic (exact) mass is 349 g/mol. The molecule has 3 heteroatoms. The summed E-state index contributed by atoms with van der Waals surface area (Å²) in [7, 11) is 4.14. The molecule has 3 rings (SSSR count). The normalized spacial score (nSPS) is 12.1. The van der Waals surface area contributed by atoms with Crippen LogP contribution >= 0.6 is 0 Å². The van der Waals surface area contributed by atoms with E-state index in [2.05, 4.69) is 85.0 Å². The highest BCUT2D eigenvalue weighted by atomic mass is 16.3. The molecule has 3 aromatic rings. The van der Waals surface area contributed by atoms with Crippen LogP contribution in [0.5, 0.6) is 0 Å². The smallest absolute Gasteiger partial charge is 0.107 e. The molecule has 0 saturated heterocycles. The number of rotatable bonds is 9. The van der Waals surface area contributed by atoms with Gasteiger partial charge in [0.15, 0.2) is 0 Å². The zero-order valence-electron chi connectivity index (χ0n) is 15.8. The summed E-state index contributed by atoms with van der Waals surface area (Å²) in [5.41, 5.74) is 3.98. The maximum atomic E-state index is 5.70. The Labute approximate surface area is 156 Å². The number of benzene rings is 2. The van der Waals surface area contributed by atoms with Gasteiger partial charge in [-0.3, -0.25) is 0 Å². The molecule has 0 aliphatic carbocycles. The molecule has 136 valence electrons. The average Bonchev–Trinajstić information content (AvgIpc) is 3.20. The van der Waals surface area contributed by atoms with Crippen molar-refractivity contribution in [2.45, 2.75) is 25.3 Å². The molecule has 0 aliphatic rings. The minimum absolute atomic E-state index is 0.430. The van der Waals surface area contributed by atoms with Crippen LogP contribution in [0.2, 0.25) is 0 Å². The molecule has 0 saturated carbocycles. The van der Waals surface area contributed by atoms with Crippen molar-refractivity contribution >= 4 is 5.69 Å². The Hall–Kier alpha value is -2.52. The van der Waals surface area contributed by atoms with Crippen LogP contribution in [-0.4, -0.2) is 20.6 Å². The minimum atomic E-state index is 0.430. The topological polar surface area (TPSA) is 33.0 Å². The second-order valence-corrected chi connectivity index (χ2v) is 7.03. The van der Waals surface area contributed by atoms with Crippen molar-refractivity contribution in [3.8, 4) is 0 Å². The lowest BCUT2D eigenvalue weighted by molar-refractivity contribution is -0.671. The molecular formula is C23H29N2O+. The fraction of sp³-hybridized carbons (Fsp3) is 0.304. The van der Waals surface area contributed by atoms with Gasteiger partial charge in [0.2, 0.25) is 0 Å². The van der Waals surface area contributed by atoms with E-state index in [4.69, 9.17) is 4.42 Å². The highest BCUT2D eigenvalue weighted by Gasteiger charge is 2.16. The van der Waals surface area contributed by atoms with Crippen LogP contribution in [0.15, 0.2) is 77.4 Å². The van der Waals surface area contributed by atoms with Crippen molar-refractivity contribution < 1.29 is 9.73 Å². The Bertz CT molecular complexity index is 749. The third-order valence-corrected chi connectivity index (χ3v) is 4.82. The minimum Gasteiger partial charge on any atom is -0.469 e. The van der Waals surface area contributed by atoms with Crippen LogP contribution in [0.4, 0.5) is 5.69 Å². The van der Waals surface area contributed by atoms with E-state index in [9.17, 15) is 0 Å². The van der Waals surface area contributed by atoms with Crippen molar-refractivity contribution in [2.24, 2.45) is 0 Å². The predicted molar refractivity (Wildman–Crippen MR) is 107 cm³/mol. The summed E-state index contributed by atoms with van der Waals surface area (Å²) in [5, 5.41) is 2.39. The van der Waals surface area contributed by atoms with Crippen LogP contribution in [0.25, 0.3) is 0 Å². The van der Waals surface area contributed by atoms with Crippen LogP contribution in [-0.2, 0) is 13.0 Å². The van der Waals surface area contributed by atoms with E-state index in [-0.39, 0.29) is 0 Å². The van der Waals surface area contributed by atoms with Crippen LogP contribution < -0.4 is 10.2 Å². The summed E-state index contributed by atoms with van der Waals surface area (Å²) >= 11 is 0. The van der Waals surface area contributed by atoms with Gasteiger partial charge >= 0.3 is 0 Å². The zero-order valence-corrected chi connectivity index (χ0v) is 15.8. The Kier molecular flexibility index (Phi) is 6.50. The number of hydrogen-bond donors (Lipinski definition) is 1. The highest BCUT2D eigenvalue weighted by Crippen LogP contribution is 2.24. The fourth-order valence-corrected chi connectivity index (χ4v) is 3.29. The maximum Gasteiger partial charge on any atom is 0.107 e. The second kappa shape index (κ2) is 9.25. The van der Waals surface area contributed by atoms with Gasteiger partial charge in [-0.1, -0.05) is 42.5 Å². The summed E-state index contributed by atoms with van der Waals surface area (Å²) < 4.78 is 5.70. The van der Waals surface area contributed by atoms with Gasteiger partial charge in [-0.25, -0.2) is 0 Å².